The zero-order valence-electron chi connectivity index (χ0n) is 7.31. The average Bonchev–Trinajstić information content (AvgIpc) is 2.19. The predicted molar refractivity (Wildman–Crippen MR) is 54.4 cm³/mol. The number of rotatable bonds is 3. The average molecular weight is 171 g/mol. The van der Waals surface area contributed by atoms with Crippen LogP contribution in [0.4, 0.5) is 0 Å². The fraction of sp³-hybridized carbons (Fsp3) is 0. The van der Waals surface area contributed by atoms with Crippen LogP contribution in [0.25, 0.3) is 5.57 Å². The van der Waals surface area contributed by atoms with Crippen LogP contribution in [0.2, 0.25) is 0 Å². The Morgan fingerprint density at radius 3 is 2.46 bits per heavy atom. The normalized spacial score (nSPS) is 11.1. The molecule has 1 aromatic carbocycles. The molecule has 65 valence electrons. The monoisotopic (exact) mass is 171 g/mol. The van der Waals surface area contributed by atoms with Crippen molar-refractivity contribution in [2.24, 2.45) is 0 Å². The molecule has 1 nitrogen and oxygen atoms in total. The molecule has 0 N–H and O–H groups in total. The van der Waals surface area contributed by atoms with Crippen LogP contribution in [-0.2, 0) is 5.11 Å². The molecule has 1 radical (unpaired) electrons. The molecule has 1 rings (SSSR count). The van der Waals surface area contributed by atoms with E-state index in [4.69, 9.17) is 0 Å². The minimum atomic E-state index is 0.745. The first kappa shape index (κ1) is 9.33. The molecule has 0 aliphatic carbocycles. The highest BCUT2D eigenvalue weighted by atomic mass is 16.2. The van der Waals surface area contributed by atoms with Gasteiger partial charge in [-0.25, -0.2) is 0 Å². The summed E-state index contributed by atoms with van der Waals surface area (Å²) in [6.45, 7) is 3.87. The summed E-state index contributed by atoms with van der Waals surface area (Å²) >= 11 is 0. The van der Waals surface area contributed by atoms with E-state index in [1.165, 1.54) is 6.08 Å². The summed E-state index contributed by atoms with van der Waals surface area (Å²) in [6.07, 6.45) is 5.68. The van der Waals surface area contributed by atoms with Crippen molar-refractivity contribution in [2.45, 2.75) is 0 Å². The molecule has 0 unspecified atom stereocenters. The molecule has 0 aromatic heterocycles. The molecule has 0 aliphatic rings. The fourth-order valence-corrected chi connectivity index (χ4v) is 0.966. The van der Waals surface area contributed by atoms with E-state index < -0.39 is 0 Å². The van der Waals surface area contributed by atoms with Crippen LogP contribution in [0.1, 0.15) is 5.56 Å². The molecule has 0 atom stereocenters. The Kier molecular flexibility index (Phi) is 3.58. The molecule has 0 amide bonds. The number of hydrogen-bond donors (Lipinski definition) is 0. The molecule has 0 saturated heterocycles. The van der Waals surface area contributed by atoms with Gasteiger partial charge in [-0.1, -0.05) is 49.1 Å². The van der Waals surface area contributed by atoms with Crippen LogP contribution in [-0.4, -0.2) is 0 Å². The van der Waals surface area contributed by atoms with E-state index in [-0.39, 0.29) is 0 Å². The Balaban J connectivity index is 2.70. The van der Waals surface area contributed by atoms with Crippen LogP contribution in [0.15, 0.2) is 61.4 Å². The van der Waals surface area contributed by atoms with Crippen LogP contribution < -0.4 is 0 Å². The van der Waals surface area contributed by atoms with Crippen molar-refractivity contribution in [2.75, 3.05) is 0 Å². The third-order valence-corrected chi connectivity index (χ3v) is 1.63. The lowest BCUT2D eigenvalue weighted by atomic mass is 10.1. The van der Waals surface area contributed by atoms with E-state index in [1.54, 1.807) is 6.08 Å². The van der Waals surface area contributed by atoms with Crippen LogP contribution in [0.3, 0.4) is 0 Å². The maximum absolute atomic E-state index is 9.99. The molecule has 0 heterocycles. The molecular weight excluding hydrogens is 160 g/mol. The van der Waals surface area contributed by atoms with Crippen molar-refractivity contribution >= 4 is 5.57 Å². The van der Waals surface area contributed by atoms with Gasteiger partial charge in [0.05, 0.1) is 0 Å². The van der Waals surface area contributed by atoms with E-state index in [9.17, 15) is 5.11 Å². The van der Waals surface area contributed by atoms with Crippen molar-refractivity contribution < 1.29 is 5.11 Å². The number of allylic oxidation sites excluding steroid dienone is 4. The van der Waals surface area contributed by atoms with Crippen LogP contribution in [0.5, 0.6) is 0 Å². The first-order valence-corrected chi connectivity index (χ1v) is 4.04. The van der Waals surface area contributed by atoms with Crippen molar-refractivity contribution in [3.8, 4) is 0 Å². The lowest BCUT2D eigenvalue weighted by molar-refractivity contribution is 0.352. The van der Waals surface area contributed by atoms with E-state index in [0.717, 1.165) is 17.4 Å². The smallest absolute Gasteiger partial charge is 0.142 e. The van der Waals surface area contributed by atoms with Gasteiger partial charge in [0.15, 0.2) is 0 Å². The third kappa shape index (κ3) is 2.99. The Morgan fingerprint density at radius 1 is 1.15 bits per heavy atom. The summed E-state index contributed by atoms with van der Waals surface area (Å²) in [6, 6.07) is 9.83. The predicted octanol–water partition coefficient (Wildman–Crippen LogP) is 3.20. The summed E-state index contributed by atoms with van der Waals surface area (Å²) in [7, 11) is 0. The second kappa shape index (κ2) is 4.99. The SMILES string of the molecule is C=C(C=CC=C[O])c1ccccc1. The zero-order valence-corrected chi connectivity index (χ0v) is 7.31. The number of hydrogen-bond acceptors (Lipinski definition) is 0. The van der Waals surface area contributed by atoms with Gasteiger partial charge in [0.2, 0.25) is 0 Å². The van der Waals surface area contributed by atoms with Gasteiger partial charge in [0, 0.05) is 0 Å². The Morgan fingerprint density at radius 2 is 1.85 bits per heavy atom. The van der Waals surface area contributed by atoms with Gasteiger partial charge < -0.3 is 0 Å². The Labute approximate surface area is 78.3 Å². The van der Waals surface area contributed by atoms with Gasteiger partial charge in [-0.3, -0.25) is 5.11 Å². The van der Waals surface area contributed by atoms with Gasteiger partial charge >= 0.3 is 0 Å². The summed E-state index contributed by atoms with van der Waals surface area (Å²) in [5.74, 6) is 0. The summed E-state index contributed by atoms with van der Waals surface area (Å²) in [5.41, 5.74) is 1.97. The summed E-state index contributed by atoms with van der Waals surface area (Å²) in [5, 5.41) is 9.99. The third-order valence-electron chi connectivity index (χ3n) is 1.63. The summed E-state index contributed by atoms with van der Waals surface area (Å²) in [4.78, 5) is 0. The molecule has 0 aliphatic heterocycles. The van der Waals surface area contributed by atoms with Crippen molar-refractivity contribution in [3.05, 3.63) is 67.0 Å². The molecule has 0 fully saturated rings. The second-order valence-corrected chi connectivity index (χ2v) is 2.58. The lowest BCUT2D eigenvalue weighted by Gasteiger charge is -1.97. The maximum Gasteiger partial charge on any atom is 0.142 e. The minimum Gasteiger partial charge on any atom is -0.299 e. The van der Waals surface area contributed by atoms with E-state index in [0.29, 0.717) is 0 Å². The lowest BCUT2D eigenvalue weighted by Crippen LogP contribution is -1.75. The highest BCUT2D eigenvalue weighted by Gasteiger charge is 1.90. The fourth-order valence-electron chi connectivity index (χ4n) is 0.966. The largest absolute Gasteiger partial charge is 0.299 e. The van der Waals surface area contributed by atoms with Crippen LogP contribution in [0, 0.1) is 0 Å². The van der Waals surface area contributed by atoms with Gasteiger partial charge in [-0.2, -0.15) is 0 Å². The quantitative estimate of drug-likeness (QED) is 0.491. The molecule has 1 heteroatoms. The molecule has 1 aromatic rings. The first-order valence-electron chi connectivity index (χ1n) is 4.04. The topological polar surface area (TPSA) is 19.9 Å². The van der Waals surface area contributed by atoms with Crippen molar-refractivity contribution in [1.29, 1.82) is 0 Å². The Bertz CT molecular complexity index is 320. The molecular formula is C12H11O. The molecule has 0 spiro atoms. The van der Waals surface area contributed by atoms with Crippen molar-refractivity contribution in [1.82, 2.24) is 0 Å². The highest BCUT2D eigenvalue weighted by Crippen LogP contribution is 2.12. The standard InChI is InChI=1S/C12H11O/c1-11(7-5-6-10-13)12-8-3-2-4-9-12/h2-10H,1H2. The van der Waals surface area contributed by atoms with E-state index in [2.05, 4.69) is 6.58 Å². The number of benzene rings is 1. The van der Waals surface area contributed by atoms with Gasteiger partial charge in [-0.05, 0) is 17.2 Å². The van der Waals surface area contributed by atoms with Gasteiger partial charge in [0.1, 0.15) is 6.26 Å². The van der Waals surface area contributed by atoms with Gasteiger partial charge in [-0.15, -0.1) is 0 Å². The maximum atomic E-state index is 9.99. The molecule has 0 saturated carbocycles. The Hall–Kier alpha value is -1.76. The minimum absolute atomic E-state index is 0.745. The van der Waals surface area contributed by atoms with Crippen LogP contribution >= 0.6 is 0 Å². The van der Waals surface area contributed by atoms with Crippen molar-refractivity contribution in [3.63, 3.8) is 0 Å². The van der Waals surface area contributed by atoms with E-state index >= 15 is 0 Å². The zero-order chi connectivity index (χ0) is 9.52. The molecule has 13 heavy (non-hydrogen) atoms. The van der Waals surface area contributed by atoms with Gasteiger partial charge in [0.25, 0.3) is 0 Å². The second-order valence-electron chi connectivity index (χ2n) is 2.58. The highest BCUT2D eigenvalue weighted by molar-refractivity contribution is 5.71. The van der Waals surface area contributed by atoms with E-state index in [1.807, 2.05) is 36.4 Å². The molecule has 0 bridgehead atoms. The summed E-state index contributed by atoms with van der Waals surface area (Å²) < 4.78 is 0. The first-order chi connectivity index (χ1) is 6.34.